The highest BCUT2D eigenvalue weighted by Crippen LogP contribution is 2.25. The Balaban J connectivity index is 1.74. The van der Waals surface area contributed by atoms with Crippen molar-refractivity contribution >= 4 is 46.9 Å². The highest BCUT2D eigenvalue weighted by atomic mass is 35.5. The van der Waals surface area contributed by atoms with Crippen molar-refractivity contribution in [3.8, 4) is 0 Å². The van der Waals surface area contributed by atoms with E-state index in [4.69, 9.17) is 27.6 Å². The fraction of sp³-hybridized carbons (Fsp3) is 0.133. The molecule has 0 aliphatic rings. The lowest BCUT2D eigenvalue weighted by Gasteiger charge is -2.07. The number of hydrogen-bond donors (Lipinski definition) is 2. The van der Waals surface area contributed by atoms with Crippen LogP contribution in [0.1, 0.15) is 18.6 Å². The van der Waals surface area contributed by atoms with Gasteiger partial charge in [-0.2, -0.15) is 5.10 Å². The summed E-state index contributed by atoms with van der Waals surface area (Å²) in [4.78, 5) is 23.3. The number of halogens is 2. The van der Waals surface area contributed by atoms with Crippen molar-refractivity contribution in [2.75, 3.05) is 5.32 Å². The van der Waals surface area contributed by atoms with Crippen molar-refractivity contribution in [2.45, 2.75) is 12.8 Å². The summed E-state index contributed by atoms with van der Waals surface area (Å²) in [5.41, 5.74) is 2.75. The number of nitrogens with zero attached hydrogens (tertiary/aromatic N) is 1. The van der Waals surface area contributed by atoms with Crippen LogP contribution in [-0.2, 0) is 9.59 Å². The van der Waals surface area contributed by atoms with Crippen molar-refractivity contribution in [3.63, 3.8) is 0 Å². The van der Waals surface area contributed by atoms with Crippen LogP contribution in [-0.4, -0.2) is 18.0 Å². The second-order valence-electron chi connectivity index (χ2n) is 4.48. The fourth-order valence-electron chi connectivity index (χ4n) is 1.62. The fourth-order valence-corrected chi connectivity index (χ4v) is 2.07. The molecule has 1 heterocycles. The normalized spacial score (nSPS) is 10.7. The predicted octanol–water partition coefficient (Wildman–Crippen LogP) is 3.46. The summed E-state index contributed by atoms with van der Waals surface area (Å²) in [5.74, 6) is -0.204. The molecule has 0 aliphatic heterocycles. The van der Waals surface area contributed by atoms with Crippen LogP contribution in [0.2, 0.25) is 10.0 Å². The summed E-state index contributed by atoms with van der Waals surface area (Å²) in [7, 11) is 0. The second kappa shape index (κ2) is 8.36. The SMILES string of the molecule is O=C(CCC(=O)Nc1ccc(Cl)cc1Cl)NN=Cc1ccco1. The van der Waals surface area contributed by atoms with Gasteiger partial charge in [0.25, 0.3) is 0 Å². The minimum absolute atomic E-state index is 0.00105. The van der Waals surface area contributed by atoms with Crippen LogP contribution in [0.5, 0.6) is 0 Å². The first-order valence-electron chi connectivity index (χ1n) is 6.65. The Morgan fingerprint density at radius 1 is 1.17 bits per heavy atom. The lowest BCUT2D eigenvalue weighted by atomic mass is 10.2. The van der Waals surface area contributed by atoms with Crippen LogP contribution in [0.4, 0.5) is 5.69 Å². The molecule has 0 aliphatic carbocycles. The molecule has 0 fully saturated rings. The third-order valence-electron chi connectivity index (χ3n) is 2.71. The van der Waals surface area contributed by atoms with Gasteiger partial charge < -0.3 is 9.73 Å². The highest BCUT2D eigenvalue weighted by Gasteiger charge is 2.09. The van der Waals surface area contributed by atoms with Gasteiger partial charge in [-0.25, -0.2) is 5.43 Å². The van der Waals surface area contributed by atoms with E-state index in [1.165, 1.54) is 18.5 Å². The average molecular weight is 354 g/mol. The molecule has 0 radical (unpaired) electrons. The van der Waals surface area contributed by atoms with E-state index in [2.05, 4.69) is 15.8 Å². The highest BCUT2D eigenvalue weighted by molar-refractivity contribution is 6.36. The van der Waals surface area contributed by atoms with Crippen LogP contribution in [0.25, 0.3) is 0 Å². The monoisotopic (exact) mass is 353 g/mol. The van der Waals surface area contributed by atoms with Crippen LogP contribution in [0, 0.1) is 0 Å². The van der Waals surface area contributed by atoms with Crippen molar-refractivity contribution in [1.82, 2.24) is 5.43 Å². The second-order valence-corrected chi connectivity index (χ2v) is 5.32. The van der Waals surface area contributed by atoms with Gasteiger partial charge >= 0.3 is 0 Å². The summed E-state index contributed by atoms with van der Waals surface area (Å²) >= 11 is 11.7. The Bertz CT molecular complexity index is 715. The Labute approximate surface area is 142 Å². The molecule has 6 nitrogen and oxygen atoms in total. The van der Waals surface area contributed by atoms with Gasteiger partial charge in [0.1, 0.15) is 5.76 Å². The molecular weight excluding hydrogens is 341 g/mol. The Morgan fingerprint density at radius 2 is 1.96 bits per heavy atom. The predicted molar refractivity (Wildman–Crippen MR) is 88.8 cm³/mol. The number of hydrogen-bond acceptors (Lipinski definition) is 4. The van der Waals surface area contributed by atoms with Crippen molar-refractivity contribution < 1.29 is 14.0 Å². The van der Waals surface area contributed by atoms with E-state index >= 15 is 0 Å². The van der Waals surface area contributed by atoms with Crippen LogP contribution < -0.4 is 10.7 Å². The summed E-state index contributed by atoms with van der Waals surface area (Å²) in [6, 6.07) is 8.12. The molecule has 2 amide bonds. The van der Waals surface area contributed by atoms with Gasteiger partial charge in [-0.1, -0.05) is 23.2 Å². The maximum atomic E-state index is 11.8. The molecule has 2 N–H and O–H groups in total. The zero-order valence-corrected chi connectivity index (χ0v) is 13.4. The maximum absolute atomic E-state index is 11.8. The van der Waals surface area contributed by atoms with Gasteiger partial charge in [0.15, 0.2) is 0 Å². The van der Waals surface area contributed by atoms with Crippen molar-refractivity contribution in [2.24, 2.45) is 5.10 Å². The van der Waals surface area contributed by atoms with E-state index < -0.39 is 0 Å². The molecule has 0 spiro atoms. The van der Waals surface area contributed by atoms with Gasteiger partial charge in [0, 0.05) is 17.9 Å². The molecule has 23 heavy (non-hydrogen) atoms. The standard InChI is InChI=1S/C15H13Cl2N3O3/c16-10-3-4-13(12(17)8-10)19-14(21)5-6-15(22)20-18-9-11-2-1-7-23-11/h1-4,7-9H,5-6H2,(H,19,21)(H,20,22). The first kappa shape index (κ1) is 17.1. The van der Waals surface area contributed by atoms with Crippen LogP contribution >= 0.6 is 23.2 Å². The number of benzene rings is 1. The summed E-state index contributed by atoms with van der Waals surface area (Å²) < 4.78 is 5.01. The molecule has 0 atom stereocenters. The van der Waals surface area contributed by atoms with Crippen molar-refractivity contribution in [3.05, 3.63) is 52.4 Å². The van der Waals surface area contributed by atoms with E-state index in [0.29, 0.717) is 21.5 Å². The number of carbonyl (C=O) groups is 2. The first-order valence-corrected chi connectivity index (χ1v) is 7.40. The number of nitrogens with one attached hydrogen (secondary N) is 2. The third kappa shape index (κ3) is 5.77. The molecular formula is C15H13Cl2N3O3. The van der Waals surface area contributed by atoms with Gasteiger partial charge in [0.05, 0.1) is 23.2 Å². The molecule has 2 aromatic rings. The van der Waals surface area contributed by atoms with E-state index in [0.717, 1.165) is 0 Å². The van der Waals surface area contributed by atoms with Gasteiger partial charge in [-0.15, -0.1) is 0 Å². The molecule has 1 aromatic heterocycles. The summed E-state index contributed by atoms with van der Waals surface area (Å²) in [6.07, 6.45) is 2.86. The van der Waals surface area contributed by atoms with Crippen LogP contribution in [0.3, 0.4) is 0 Å². The first-order chi connectivity index (χ1) is 11.0. The van der Waals surface area contributed by atoms with Crippen molar-refractivity contribution in [1.29, 1.82) is 0 Å². The van der Waals surface area contributed by atoms with Gasteiger partial charge in [-0.3, -0.25) is 9.59 Å². The average Bonchev–Trinajstić information content (AvgIpc) is 3.01. The number of carbonyl (C=O) groups excluding carboxylic acids is 2. The zero-order chi connectivity index (χ0) is 16.7. The number of anilines is 1. The molecule has 120 valence electrons. The molecule has 2 rings (SSSR count). The van der Waals surface area contributed by atoms with E-state index in [9.17, 15) is 9.59 Å². The molecule has 0 bridgehead atoms. The number of amides is 2. The maximum Gasteiger partial charge on any atom is 0.240 e. The molecule has 0 unspecified atom stereocenters. The van der Waals surface area contributed by atoms with Gasteiger partial charge in [-0.05, 0) is 30.3 Å². The smallest absolute Gasteiger partial charge is 0.240 e. The minimum atomic E-state index is -0.384. The lowest BCUT2D eigenvalue weighted by molar-refractivity contribution is -0.124. The summed E-state index contributed by atoms with van der Waals surface area (Å²) in [5, 5.41) is 7.13. The zero-order valence-electron chi connectivity index (χ0n) is 11.9. The molecule has 1 aromatic carbocycles. The number of rotatable bonds is 6. The quantitative estimate of drug-likeness (QED) is 0.616. The topological polar surface area (TPSA) is 83.7 Å². The largest absolute Gasteiger partial charge is 0.463 e. The van der Waals surface area contributed by atoms with E-state index in [1.807, 2.05) is 0 Å². The third-order valence-corrected chi connectivity index (χ3v) is 3.26. The Hall–Kier alpha value is -2.31. The lowest BCUT2D eigenvalue weighted by Crippen LogP contribution is -2.20. The summed E-state index contributed by atoms with van der Waals surface area (Å²) in [6.45, 7) is 0. The molecule has 0 saturated carbocycles. The van der Waals surface area contributed by atoms with E-state index in [-0.39, 0.29) is 24.7 Å². The Morgan fingerprint density at radius 3 is 2.65 bits per heavy atom. The van der Waals surface area contributed by atoms with Crippen LogP contribution in [0.15, 0.2) is 46.1 Å². The van der Waals surface area contributed by atoms with Gasteiger partial charge in [0.2, 0.25) is 11.8 Å². The number of hydrazone groups is 1. The van der Waals surface area contributed by atoms with E-state index in [1.54, 1.807) is 24.3 Å². The number of furan rings is 1. The minimum Gasteiger partial charge on any atom is -0.463 e. The Kier molecular flexibility index (Phi) is 6.19. The molecule has 8 heteroatoms. The molecule has 0 saturated heterocycles.